The van der Waals surface area contributed by atoms with Crippen LogP contribution in [0, 0.1) is 52.3 Å². The largest absolute Gasteiger partial charge is 0.343 e. The normalized spacial score (nSPS) is 45.9. The summed E-state index contributed by atoms with van der Waals surface area (Å²) in [5.41, 5.74) is 1.15. The van der Waals surface area contributed by atoms with E-state index in [4.69, 9.17) is 0 Å². The Balaban J connectivity index is 1.40. The van der Waals surface area contributed by atoms with Crippen molar-refractivity contribution in [1.82, 2.24) is 0 Å². The van der Waals surface area contributed by atoms with E-state index in [1.165, 1.54) is 64.2 Å². The molecule has 0 spiro atoms. The van der Waals surface area contributed by atoms with Gasteiger partial charge in [-0.2, -0.15) is 0 Å². The fourth-order valence-corrected chi connectivity index (χ4v) is 9.41. The minimum Gasteiger partial charge on any atom is -0.343 e. The third kappa shape index (κ3) is 3.90. The monoisotopic (exact) mass is 420 g/mol. The predicted molar refractivity (Wildman–Crippen MR) is 121 cm³/mol. The second-order valence-corrected chi connectivity index (χ2v) is 12.6. The number of rotatable bonds is 6. The van der Waals surface area contributed by atoms with Crippen LogP contribution >= 0.6 is 0 Å². The standard InChI is InChI=1S/C27H48O3/c1-18(8-7-9-19(2)27(28,29)30)22-13-14-23-21-12-11-20-10-5-6-16-25(20,3)24(21)15-17-26(22,23)4/h18-24,28-30H,5-17H2,1-4H3/t18-,19?,20-,21+,22-,23+,24+,25+,26-/m1/s1. The number of hydrogen-bond acceptors (Lipinski definition) is 3. The van der Waals surface area contributed by atoms with E-state index in [2.05, 4.69) is 20.8 Å². The lowest BCUT2D eigenvalue weighted by molar-refractivity contribution is -0.340. The lowest BCUT2D eigenvalue weighted by Crippen LogP contribution is -2.53. The van der Waals surface area contributed by atoms with Crippen molar-refractivity contribution in [1.29, 1.82) is 0 Å². The molecule has 3 N–H and O–H groups in total. The number of aliphatic hydroxyl groups is 3. The Morgan fingerprint density at radius 1 is 0.800 bits per heavy atom. The Morgan fingerprint density at radius 2 is 1.53 bits per heavy atom. The molecular formula is C27H48O3. The molecule has 9 atom stereocenters. The Hall–Kier alpha value is -0.120. The van der Waals surface area contributed by atoms with E-state index in [1.807, 2.05) is 0 Å². The summed E-state index contributed by atoms with van der Waals surface area (Å²) in [6, 6.07) is 0. The molecular weight excluding hydrogens is 372 g/mol. The summed E-state index contributed by atoms with van der Waals surface area (Å²) in [5, 5.41) is 28.1. The summed E-state index contributed by atoms with van der Waals surface area (Å²) in [5.74, 6) is 2.39. The summed E-state index contributed by atoms with van der Waals surface area (Å²) in [4.78, 5) is 0. The quantitative estimate of drug-likeness (QED) is 0.454. The molecule has 1 unspecified atom stereocenters. The summed E-state index contributed by atoms with van der Waals surface area (Å²) < 4.78 is 0. The first-order valence-electron chi connectivity index (χ1n) is 13.2. The molecule has 0 radical (unpaired) electrons. The molecule has 0 bridgehead atoms. The van der Waals surface area contributed by atoms with Crippen molar-refractivity contribution in [2.24, 2.45) is 52.3 Å². The molecule has 4 aliphatic carbocycles. The van der Waals surface area contributed by atoms with E-state index in [0.29, 0.717) is 23.2 Å². The summed E-state index contributed by atoms with van der Waals surface area (Å²) in [6.07, 6.45) is 17.4. The molecule has 4 saturated carbocycles. The highest BCUT2D eigenvalue weighted by Crippen LogP contribution is 2.68. The minimum atomic E-state index is -2.53. The van der Waals surface area contributed by atoms with Crippen LogP contribution in [0.4, 0.5) is 0 Å². The second kappa shape index (κ2) is 8.34. The lowest BCUT2D eigenvalue weighted by Gasteiger charge is -2.61. The Bertz CT molecular complexity index is 597. The van der Waals surface area contributed by atoms with Crippen molar-refractivity contribution in [3.8, 4) is 0 Å². The van der Waals surface area contributed by atoms with Gasteiger partial charge in [0.05, 0.1) is 0 Å². The van der Waals surface area contributed by atoms with Crippen LogP contribution in [0.25, 0.3) is 0 Å². The molecule has 0 aromatic rings. The maximum atomic E-state index is 9.38. The zero-order chi connectivity index (χ0) is 21.7. The van der Waals surface area contributed by atoms with Gasteiger partial charge in [-0.15, -0.1) is 0 Å². The first kappa shape index (κ1) is 23.1. The molecule has 4 rings (SSSR count). The van der Waals surface area contributed by atoms with Crippen LogP contribution in [0.1, 0.15) is 111 Å². The van der Waals surface area contributed by atoms with Crippen molar-refractivity contribution in [3.63, 3.8) is 0 Å². The molecule has 3 nitrogen and oxygen atoms in total. The highest BCUT2D eigenvalue weighted by molar-refractivity contribution is 5.09. The Morgan fingerprint density at radius 3 is 2.27 bits per heavy atom. The molecule has 4 aliphatic rings. The van der Waals surface area contributed by atoms with Gasteiger partial charge in [-0.25, -0.2) is 0 Å². The molecule has 0 aromatic carbocycles. The van der Waals surface area contributed by atoms with Crippen LogP contribution in [-0.2, 0) is 0 Å². The maximum absolute atomic E-state index is 9.38. The van der Waals surface area contributed by atoms with E-state index in [1.54, 1.807) is 6.92 Å². The van der Waals surface area contributed by atoms with Gasteiger partial charge < -0.3 is 15.3 Å². The molecule has 4 fully saturated rings. The van der Waals surface area contributed by atoms with Gasteiger partial charge in [-0.1, -0.05) is 53.4 Å². The van der Waals surface area contributed by atoms with Crippen molar-refractivity contribution < 1.29 is 15.3 Å². The van der Waals surface area contributed by atoms with Crippen molar-refractivity contribution in [2.75, 3.05) is 0 Å². The highest BCUT2D eigenvalue weighted by atomic mass is 16.7. The summed E-state index contributed by atoms with van der Waals surface area (Å²) in [7, 11) is 0. The van der Waals surface area contributed by atoms with E-state index >= 15 is 0 Å². The van der Waals surface area contributed by atoms with E-state index < -0.39 is 11.9 Å². The van der Waals surface area contributed by atoms with Crippen LogP contribution in [0.15, 0.2) is 0 Å². The van der Waals surface area contributed by atoms with Gasteiger partial charge in [0, 0.05) is 5.92 Å². The highest BCUT2D eigenvalue weighted by Gasteiger charge is 2.60. The molecule has 174 valence electrons. The summed E-state index contributed by atoms with van der Waals surface area (Å²) >= 11 is 0. The molecule has 3 heteroatoms. The first-order valence-corrected chi connectivity index (χ1v) is 13.2. The molecule has 30 heavy (non-hydrogen) atoms. The molecule has 0 aromatic heterocycles. The Kier molecular flexibility index (Phi) is 6.41. The average molecular weight is 421 g/mol. The third-order valence-electron chi connectivity index (χ3n) is 11.3. The van der Waals surface area contributed by atoms with Gasteiger partial charge in [-0.3, -0.25) is 0 Å². The number of hydrogen-bond donors (Lipinski definition) is 3. The smallest absolute Gasteiger partial charge is 0.277 e. The van der Waals surface area contributed by atoms with Crippen molar-refractivity contribution in [3.05, 3.63) is 0 Å². The average Bonchev–Trinajstić information content (AvgIpc) is 3.04. The van der Waals surface area contributed by atoms with Gasteiger partial charge >= 0.3 is 0 Å². The lowest BCUT2D eigenvalue weighted by atomic mass is 9.44. The first-order chi connectivity index (χ1) is 14.1. The van der Waals surface area contributed by atoms with Crippen LogP contribution in [-0.4, -0.2) is 21.3 Å². The third-order valence-corrected chi connectivity index (χ3v) is 11.3. The molecule has 0 heterocycles. The fraction of sp³-hybridized carbons (Fsp3) is 1.00. The SMILES string of the molecule is CC(CCC[C@@H](C)[C@H]1CC[C@H]2[C@@H]3CC[C@H]4CCCC[C@]4(C)[C@H]3CC[C@]12C)C(O)(O)O. The van der Waals surface area contributed by atoms with Crippen molar-refractivity contribution in [2.45, 2.75) is 117 Å². The summed E-state index contributed by atoms with van der Waals surface area (Å²) in [6.45, 7) is 9.48. The maximum Gasteiger partial charge on any atom is 0.277 e. The minimum absolute atomic E-state index is 0.488. The van der Waals surface area contributed by atoms with Crippen LogP contribution in [0.5, 0.6) is 0 Å². The topological polar surface area (TPSA) is 60.7 Å². The molecule has 0 saturated heterocycles. The van der Waals surface area contributed by atoms with E-state index in [9.17, 15) is 15.3 Å². The van der Waals surface area contributed by atoms with Gasteiger partial charge in [0.15, 0.2) is 0 Å². The fourth-order valence-electron chi connectivity index (χ4n) is 9.41. The Labute approximate surface area is 185 Å². The zero-order valence-electron chi connectivity index (χ0n) is 20.1. The van der Waals surface area contributed by atoms with Gasteiger partial charge in [-0.05, 0) is 104 Å². The zero-order valence-corrected chi connectivity index (χ0v) is 20.1. The van der Waals surface area contributed by atoms with E-state index in [0.717, 1.165) is 42.4 Å². The van der Waals surface area contributed by atoms with E-state index in [-0.39, 0.29) is 0 Å². The van der Waals surface area contributed by atoms with Gasteiger partial charge in [0.2, 0.25) is 0 Å². The van der Waals surface area contributed by atoms with Gasteiger partial charge in [0.1, 0.15) is 0 Å². The molecule has 0 amide bonds. The van der Waals surface area contributed by atoms with Crippen LogP contribution in [0.3, 0.4) is 0 Å². The van der Waals surface area contributed by atoms with Crippen LogP contribution < -0.4 is 0 Å². The molecule has 0 aliphatic heterocycles. The van der Waals surface area contributed by atoms with Crippen LogP contribution in [0.2, 0.25) is 0 Å². The number of fused-ring (bicyclic) bond motifs is 5. The second-order valence-electron chi connectivity index (χ2n) is 12.6. The van der Waals surface area contributed by atoms with Crippen molar-refractivity contribution >= 4 is 0 Å². The van der Waals surface area contributed by atoms with Gasteiger partial charge in [0.25, 0.3) is 5.97 Å². The predicted octanol–water partition coefficient (Wildman–Crippen LogP) is 6.11.